The molecule has 0 N–H and O–H groups in total. The van der Waals surface area contributed by atoms with E-state index in [2.05, 4.69) is 0 Å². The molecule has 2 aliphatic heterocycles. The van der Waals surface area contributed by atoms with Crippen LogP contribution in [0.15, 0.2) is 30.3 Å². The highest BCUT2D eigenvalue weighted by Gasteiger charge is 2.36. The van der Waals surface area contributed by atoms with Crippen LogP contribution in [0.4, 0.5) is 0 Å². The van der Waals surface area contributed by atoms with Gasteiger partial charge in [0.05, 0.1) is 25.3 Å². The van der Waals surface area contributed by atoms with Gasteiger partial charge in [-0.15, -0.1) is 0 Å². The fraction of sp³-hybridized carbons (Fsp3) is 0.235. The highest BCUT2D eigenvalue weighted by molar-refractivity contribution is 5.96. The Kier molecular flexibility index (Phi) is 3.04. The second-order valence-corrected chi connectivity index (χ2v) is 5.19. The lowest BCUT2D eigenvalue weighted by molar-refractivity contribution is 0.0453. The monoisotopic (exact) mass is 314 g/mol. The Morgan fingerprint density at radius 1 is 1.04 bits per heavy atom. The largest absolute Gasteiger partial charge is 0.497 e. The fourth-order valence-electron chi connectivity index (χ4n) is 2.87. The summed E-state index contributed by atoms with van der Waals surface area (Å²) in [7, 11) is 3.09. The number of hydrogen-bond acceptors (Lipinski definition) is 6. The molecule has 23 heavy (non-hydrogen) atoms. The lowest BCUT2D eigenvalue weighted by Crippen LogP contribution is -2.02. The topological polar surface area (TPSA) is 63.2 Å². The van der Waals surface area contributed by atoms with Crippen LogP contribution in [0.3, 0.4) is 0 Å². The van der Waals surface area contributed by atoms with E-state index in [9.17, 15) is 4.79 Å². The number of carbonyl (C=O) groups excluding carboxylic acids is 1. The van der Waals surface area contributed by atoms with Crippen molar-refractivity contribution in [1.29, 1.82) is 0 Å². The molecule has 0 unspecified atom stereocenters. The van der Waals surface area contributed by atoms with Crippen LogP contribution in [0, 0.1) is 0 Å². The Morgan fingerprint density at radius 3 is 2.65 bits per heavy atom. The van der Waals surface area contributed by atoms with E-state index in [1.165, 1.54) is 7.11 Å². The van der Waals surface area contributed by atoms with Gasteiger partial charge in [-0.2, -0.15) is 0 Å². The van der Waals surface area contributed by atoms with E-state index >= 15 is 0 Å². The van der Waals surface area contributed by atoms with Crippen LogP contribution in [0.5, 0.6) is 23.0 Å². The number of rotatable bonds is 3. The molecule has 2 heterocycles. The first-order valence-electron chi connectivity index (χ1n) is 7.07. The third kappa shape index (κ3) is 2.06. The van der Waals surface area contributed by atoms with Gasteiger partial charge in [0.25, 0.3) is 0 Å². The fourth-order valence-corrected chi connectivity index (χ4v) is 2.87. The standard InChI is InChI=1S/C17H14O6/c1-19-10-6-11-15(14(7-10)20-2)16(23-17(11)18)9-3-4-12-13(5-9)22-8-21-12/h3-7,16H,8H2,1-2H3/t16-/m0/s1. The number of ether oxygens (including phenoxy) is 5. The summed E-state index contributed by atoms with van der Waals surface area (Å²) in [5.41, 5.74) is 1.94. The van der Waals surface area contributed by atoms with Gasteiger partial charge >= 0.3 is 5.97 Å². The normalized spacial score (nSPS) is 17.7. The third-order valence-electron chi connectivity index (χ3n) is 3.98. The first-order valence-corrected chi connectivity index (χ1v) is 7.07. The van der Waals surface area contributed by atoms with Gasteiger partial charge in [0, 0.05) is 11.6 Å². The molecule has 118 valence electrons. The molecule has 2 aromatic carbocycles. The molecule has 0 bridgehead atoms. The number of cyclic esters (lactones) is 1. The minimum atomic E-state index is -0.548. The lowest BCUT2D eigenvalue weighted by atomic mass is 9.97. The van der Waals surface area contributed by atoms with Crippen LogP contribution in [0.25, 0.3) is 0 Å². The van der Waals surface area contributed by atoms with Crippen molar-refractivity contribution in [2.75, 3.05) is 21.0 Å². The second kappa shape index (κ2) is 5.08. The smallest absolute Gasteiger partial charge is 0.339 e. The number of esters is 1. The number of fused-ring (bicyclic) bond motifs is 2. The maximum absolute atomic E-state index is 12.2. The zero-order valence-electron chi connectivity index (χ0n) is 12.6. The van der Waals surface area contributed by atoms with Gasteiger partial charge in [-0.3, -0.25) is 0 Å². The Hall–Kier alpha value is -2.89. The zero-order valence-corrected chi connectivity index (χ0v) is 12.6. The van der Waals surface area contributed by atoms with E-state index in [-0.39, 0.29) is 6.79 Å². The van der Waals surface area contributed by atoms with Crippen LogP contribution in [-0.4, -0.2) is 27.0 Å². The average molecular weight is 314 g/mol. The van der Waals surface area contributed by atoms with Crippen LogP contribution < -0.4 is 18.9 Å². The van der Waals surface area contributed by atoms with Crippen molar-refractivity contribution in [2.45, 2.75) is 6.10 Å². The maximum Gasteiger partial charge on any atom is 0.339 e. The summed E-state index contributed by atoms with van der Waals surface area (Å²) in [6.45, 7) is 0.195. The SMILES string of the molecule is COc1cc(OC)c2c(c1)C(=O)O[C@H]2c1ccc2c(c1)OCO2. The van der Waals surface area contributed by atoms with Gasteiger partial charge in [0.2, 0.25) is 6.79 Å². The third-order valence-corrected chi connectivity index (χ3v) is 3.98. The van der Waals surface area contributed by atoms with E-state index in [0.717, 1.165) is 5.56 Å². The Bertz CT molecular complexity index is 798. The van der Waals surface area contributed by atoms with Gasteiger partial charge < -0.3 is 23.7 Å². The Labute approximate surface area is 132 Å². The molecule has 0 saturated carbocycles. The van der Waals surface area contributed by atoms with Crippen molar-refractivity contribution in [3.63, 3.8) is 0 Å². The highest BCUT2D eigenvalue weighted by atomic mass is 16.7. The van der Waals surface area contributed by atoms with Gasteiger partial charge in [0.1, 0.15) is 11.5 Å². The lowest BCUT2D eigenvalue weighted by Gasteiger charge is -2.15. The van der Waals surface area contributed by atoms with Gasteiger partial charge in [-0.05, 0) is 18.2 Å². The van der Waals surface area contributed by atoms with E-state index in [1.54, 1.807) is 25.3 Å². The van der Waals surface area contributed by atoms with Crippen molar-refractivity contribution >= 4 is 5.97 Å². The minimum Gasteiger partial charge on any atom is -0.497 e. The summed E-state index contributed by atoms with van der Waals surface area (Å²) >= 11 is 0. The van der Waals surface area contributed by atoms with Crippen LogP contribution in [0.2, 0.25) is 0 Å². The average Bonchev–Trinajstić information content (AvgIpc) is 3.18. The summed E-state index contributed by atoms with van der Waals surface area (Å²) in [6.07, 6.45) is -0.548. The molecule has 0 aromatic heterocycles. The number of methoxy groups -OCH3 is 2. The first-order chi connectivity index (χ1) is 11.2. The van der Waals surface area contributed by atoms with Crippen LogP contribution in [0.1, 0.15) is 27.6 Å². The van der Waals surface area contributed by atoms with Gasteiger partial charge in [-0.1, -0.05) is 6.07 Å². The molecule has 6 heteroatoms. The van der Waals surface area contributed by atoms with E-state index in [1.807, 2.05) is 12.1 Å². The molecule has 6 nitrogen and oxygen atoms in total. The minimum absolute atomic E-state index is 0.195. The number of benzene rings is 2. The maximum atomic E-state index is 12.2. The van der Waals surface area contributed by atoms with Crippen molar-refractivity contribution in [3.05, 3.63) is 47.0 Å². The molecule has 0 saturated heterocycles. The van der Waals surface area contributed by atoms with E-state index < -0.39 is 12.1 Å². The van der Waals surface area contributed by atoms with Gasteiger partial charge in [-0.25, -0.2) is 4.79 Å². The van der Waals surface area contributed by atoms with E-state index in [0.29, 0.717) is 34.1 Å². The van der Waals surface area contributed by atoms with Crippen molar-refractivity contribution < 1.29 is 28.5 Å². The Morgan fingerprint density at radius 2 is 1.87 bits per heavy atom. The molecular weight excluding hydrogens is 300 g/mol. The molecule has 2 aliphatic rings. The second-order valence-electron chi connectivity index (χ2n) is 5.19. The Balaban J connectivity index is 1.83. The van der Waals surface area contributed by atoms with Crippen LogP contribution in [-0.2, 0) is 4.74 Å². The molecule has 4 rings (SSSR count). The summed E-state index contributed by atoms with van der Waals surface area (Å²) in [5, 5.41) is 0. The molecule has 2 aromatic rings. The van der Waals surface area contributed by atoms with Crippen LogP contribution >= 0.6 is 0 Å². The molecule has 0 fully saturated rings. The number of hydrogen-bond donors (Lipinski definition) is 0. The van der Waals surface area contributed by atoms with E-state index in [4.69, 9.17) is 23.7 Å². The summed E-state index contributed by atoms with van der Waals surface area (Å²) in [4.78, 5) is 12.2. The predicted molar refractivity (Wildman–Crippen MR) is 79.4 cm³/mol. The first kappa shape index (κ1) is 13.8. The highest BCUT2D eigenvalue weighted by Crippen LogP contribution is 2.45. The number of carbonyl (C=O) groups is 1. The molecule has 1 atom stereocenters. The summed E-state index contributed by atoms with van der Waals surface area (Å²) in [6, 6.07) is 8.87. The van der Waals surface area contributed by atoms with Gasteiger partial charge in [0.15, 0.2) is 17.6 Å². The zero-order chi connectivity index (χ0) is 16.0. The molecule has 0 spiro atoms. The predicted octanol–water partition coefficient (Wildman–Crippen LogP) is 2.69. The van der Waals surface area contributed by atoms with Crippen molar-refractivity contribution in [2.24, 2.45) is 0 Å². The molecular formula is C17H14O6. The molecule has 0 radical (unpaired) electrons. The van der Waals surface area contributed by atoms with Crippen molar-refractivity contribution in [3.8, 4) is 23.0 Å². The summed E-state index contributed by atoms with van der Waals surface area (Å²) in [5.74, 6) is 2.01. The molecule has 0 aliphatic carbocycles. The quantitative estimate of drug-likeness (QED) is 0.812. The molecule has 0 amide bonds. The van der Waals surface area contributed by atoms with Crippen molar-refractivity contribution in [1.82, 2.24) is 0 Å². The summed E-state index contributed by atoms with van der Waals surface area (Å²) < 4.78 is 26.9.